The van der Waals surface area contributed by atoms with Crippen molar-refractivity contribution in [2.45, 2.75) is 5.16 Å². The van der Waals surface area contributed by atoms with E-state index in [1.165, 1.54) is 25.6 Å². The maximum atomic E-state index is 15.0. The Hall–Kier alpha value is -3.87. The van der Waals surface area contributed by atoms with Gasteiger partial charge in [0.05, 0.1) is 29.3 Å². The number of hydrogen-bond acceptors (Lipinski definition) is 7. The minimum absolute atomic E-state index is 0.0945. The summed E-state index contributed by atoms with van der Waals surface area (Å²) in [5.41, 5.74) is -1.40. The number of carbonyl (C=O) groups is 1. The second-order valence-electron chi connectivity index (χ2n) is 5.95. The number of H-pyrrole nitrogens is 2. The summed E-state index contributed by atoms with van der Waals surface area (Å²) in [5, 5.41) is 5.18. The molecular weight excluding hydrogens is 422 g/mol. The van der Waals surface area contributed by atoms with Gasteiger partial charge in [-0.3, -0.25) is 9.52 Å². The van der Waals surface area contributed by atoms with E-state index < -0.39 is 43.8 Å². The monoisotopic (exact) mass is 434 g/mol. The molecule has 0 aliphatic heterocycles. The number of benzene rings is 1. The van der Waals surface area contributed by atoms with Crippen LogP contribution in [0, 0.1) is 11.6 Å². The average molecular weight is 434 g/mol. The average Bonchev–Trinajstić information content (AvgIpc) is 3.40. The highest BCUT2D eigenvalue weighted by Gasteiger charge is 2.28. The van der Waals surface area contributed by atoms with Crippen LogP contribution in [-0.4, -0.2) is 46.5 Å². The van der Waals surface area contributed by atoms with Crippen LogP contribution in [0.15, 0.2) is 42.1 Å². The highest BCUT2D eigenvalue weighted by atomic mass is 32.2. The molecule has 0 unspecified atom stereocenters. The largest absolute Gasteiger partial charge is 0.496 e. The van der Waals surface area contributed by atoms with Gasteiger partial charge in [-0.2, -0.15) is 13.5 Å². The lowest BCUT2D eigenvalue weighted by Crippen LogP contribution is -2.17. The second-order valence-corrected chi connectivity index (χ2v) is 7.55. The van der Waals surface area contributed by atoms with Crippen LogP contribution in [0.2, 0.25) is 0 Å². The molecule has 4 rings (SSSR count). The normalized spacial score (nSPS) is 11.6. The van der Waals surface area contributed by atoms with Gasteiger partial charge in [0.2, 0.25) is 5.78 Å². The third-order valence-corrected chi connectivity index (χ3v) is 5.40. The Labute approximate surface area is 167 Å². The standard InChI is InChI=1S/C17H12F2N6O4S/c1-29-11-4-5-20-16-12(11)8(6-21-16)15(26)13-9(18)2-3-10(14(13)19)25-30(27,28)17-22-7-23-24-17/h2-7,25H,1H3,(H,20,21)(H,22,23,24). The summed E-state index contributed by atoms with van der Waals surface area (Å²) in [4.78, 5) is 23.2. The number of fused-ring (bicyclic) bond motifs is 1. The van der Waals surface area contributed by atoms with Crippen LogP contribution in [0.25, 0.3) is 11.0 Å². The first-order valence-electron chi connectivity index (χ1n) is 8.24. The lowest BCUT2D eigenvalue weighted by Gasteiger charge is -2.11. The number of ether oxygens (including phenoxy) is 1. The summed E-state index contributed by atoms with van der Waals surface area (Å²) >= 11 is 0. The highest BCUT2D eigenvalue weighted by molar-refractivity contribution is 7.92. The quantitative estimate of drug-likeness (QED) is 0.394. The van der Waals surface area contributed by atoms with Crippen LogP contribution < -0.4 is 9.46 Å². The van der Waals surface area contributed by atoms with Crippen molar-refractivity contribution in [3.05, 3.63) is 59.7 Å². The van der Waals surface area contributed by atoms with Gasteiger partial charge in [-0.05, 0) is 18.2 Å². The SMILES string of the molecule is COc1ccnc2[nH]cc(C(=O)c3c(F)ccc(NS(=O)(=O)c4ncn[nH]4)c3F)c12. The van der Waals surface area contributed by atoms with E-state index in [4.69, 9.17) is 4.74 Å². The second kappa shape index (κ2) is 7.18. The minimum Gasteiger partial charge on any atom is -0.496 e. The number of carbonyl (C=O) groups excluding carboxylic acids is 1. The molecule has 0 saturated heterocycles. The van der Waals surface area contributed by atoms with Gasteiger partial charge < -0.3 is 9.72 Å². The van der Waals surface area contributed by atoms with Crippen molar-refractivity contribution in [2.24, 2.45) is 0 Å². The zero-order chi connectivity index (χ0) is 21.5. The molecular formula is C17H12F2N6O4S. The van der Waals surface area contributed by atoms with Crippen LogP contribution in [0.3, 0.4) is 0 Å². The summed E-state index contributed by atoms with van der Waals surface area (Å²) < 4.78 is 61.1. The number of sulfonamides is 1. The molecule has 13 heteroatoms. The molecule has 0 radical (unpaired) electrons. The Morgan fingerprint density at radius 2 is 2.00 bits per heavy atom. The lowest BCUT2D eigenvalue weighted by atomic mass is 10.0. The number of ketones is 1. The number of rotatable bonds is 6. The van der Waals surface area contributed by atoms with Crippen LogP contribution in [-0.2, 0) is 10.0 Å². The smallest absolute Gasteiger partial charge is 0.297 e. The molecule has 3 aromatic heterocycles. The molecule has 3 N–H and O–H groups in total. The first-order chi connectivity index (χ1) is 14.3. The summed E-state index contributed by atoms with van der Waals surface area (Å²) in [6.45, 7) is 0. The van der Waals surface area contributed by atoms with Gasteiger partial charge in [-0.1, -0.05) is 0 Å². The van der Waals surface area contributed by atoms with E-state index in [9.17, 15) is 17.6 Å². The molecule has 0 aliphatic carbocycles. The lowest BCUT2D eigenvalue weighted by molar-refractivity contribution is 0.103. The number of anilines is 1. The molecule has 10 nitrogen and oxygen atoms in total. The predicted octanol–water partition coefficient (Wildman–Crippen LogP) is 2.00. The van der Waals surface area contributed by atoms with Crippen molar-refractivity contribution in [1.82, 2.24) is 25.1 Å². The molecule has 4 aromatic rings. The van der Waals surface area contributed by atoms with Gasteiger partial charge >= 0.3 is 0 Å². The third kappa shape index (κ3) is 3.14. The number of halogens is 2. The van der Waals surface area contributed by atoms with Crippen LogP contribution in [0.5, 0.6) is 5.75 Å². The van der Waals surface area contributed by atoms with E-state index in [2.05, 4.69) is 25.1 Å². The fourth-order valence-electron chi connectivity index (χ4n) is 2.87. The van der Waals surface area contributed by atoms with Crippen molar-refractivity contribution in [3.8, 4) is 5.75 Å². The zero-order valence-electron chi connectivity index (χ0n) is 15.1. The molecule has 30 heavy (non-hydrogen) atoms. The number of nitrogens with zero attached hydrogens (tertiary/aromatic N) is 3. The van der Waals surface area contributed by atoms with Gasteiger partial charge in [-0.25, -0.2) is 23.8 Å². The summed E-state index contributed by atoms with van der Waals surface area (Å²) in [6.07, 6.45) is 3.63. The maximum Gasteiger partial charge on any atom is 0.297 e. The molecule has 0 amide bonds. The van der Waals surface area contributed by atoms with E-state index in [1.54, 1.807) is 0 Å². The minimum atomic E-state index is -4.34. The van der Waals surface area contributed by atoms with Crippen molar-refractivity contribution >= 4 is 32.5 Å². The number of aromatic nitrogens is 5. The first-order valence-corrected chi connectivity index (χ1v) is 9.72. The van der Waals surface area contributed by atoms with E-state index in [-0.39, 0.29) is 22.3 Å². The van der Waals surface area contributed by atoms with Crippen molar-refractivity contribution in [1.29, 1.82) is 0 Å². The van der Waals surface area contributed by atoms with Gasteiger partial charge in [0.1, 0.15) is 23.5 Å². The fourth-order valence-corrected chi connectivity index (χ4v) is 3.77. The number of nitrogens with one attached hydrogen (secondary N) is 3. The number of pyridine rings is 1. The van der Waals surface area contributed by atoms with E-state index in [0.29, 0.717) is 0 Å². The predicted molar refractivity (Wildman–Crippen MR) is 99.6 cm³/mol. The van der Waals surface area contributed by atoms with Crippen LogP contribution in [0.4, 0.5) is 14.5 Å². The van der Waals surface area contributed by atoms with E-state index in [0.717, 1.165) is 18.5 Å². The van der Waals surface area contributed by atoms with Crippen molar-refractivity contribution in [3.63, 3.8) is 0 Å². The molecule has 0 aliphatic rings. The number of aromatic amines is 2. The molecule has 154 valence electrons. The molecule has 0 saturated carbocycles. The van der Waals surface area contributed by atoms with Crippen molar-refractivity contribution < 1.29 is 26.7 Å². The molecule has 0 spiro atoms. The Morgan fingerprint density at radius 1 is 1.20 bits per heavy atom. The molecule has 0 fully saturated rings. The maximum absolute atomic E-state index is 15.0. The van der Waals surface area contributed by atoms with Gasteiger partial charge in [0.15, 0.2) is 5.82 Å². The Bertz CT molecular complexity index is 1370. The topological polar surface area (TPSA) is 143 Å². The van der Waals surface area contributed by atoms with E-state index in [1.807, 2.05) is 4.72 Å². The summed E-state index contributed by atoms with van der Waals surface area (Å²) in [6, 6.07) is 3.12. The Morgan fingerprint density at radius 3 is 2.70 bits per heavy atom. The Balaban J connectivity index is 1.81. The molecule has 3 heterocycles. The number of methoxy groups -OCH3 is 1. The first kappa shape index (κ1) is 19.4. The van der Waals surface area contributed by atoms with Crippen LogP contribution >= 0.6 is 0 Å². The Kier molecular flexibility index (Phi) is 4.66. The van der Waals surface area contributed by atoms with Gasteiger partial charge in [0.25, 0.3) is 15.2 Å². The van der Waals surface area contributed by atoms with Gasteiger partial charge in [0, 0.05) is 12.4 Å². The molecule has 0 bridgehead atoms. The highest BCUT2D eigenvalue weighted by Crippen LogP contribution is 2.31. The molecule has 1 aromatic carbocycles. The van der Waals surface area contributed by atoms with E-state index >= 15 is 4.39 Å². The third-order valence-electron chi connectivity index (χ3n) is 4.21. The van der Waals surface area contributed by atoms with Crippen LogP contribution in [0.1, 0.15) is 15.9 Å². The molecule has 0 atom stereocenters. The zero-order valence-corrected chi connectivity index (χ0v) is 15.9. The summed E-state index contributed by atoms with van der Waals surface area (Å²) in [5.74, 6) is -3.31. The van der Waals surface area contributed by atoms with Gasteiger partial charge in [-0.15, -0.1) is 0 Å². The number of hydrogen-bond donors (Lipinski definition) is 3. The summed E-state index contributed by atoms with van der Waals surface area (Å²) in [7, 11) is -2.96. The van der Waals surface area contributed by atoms with Crippen molar-refractivity contribution in [2.75, 3.05) is 11.8 Å². The fraction of sp³-hybridized carbons (Fsp3) is 0.0588.